The van der Waals surface area contributed by atoms with Gasteiger partial charge in [-0.25, -0.2) is 0 Å². The molecule has 146 valence electrons. The van der Waals surface area contributed by atoms with Crippen LogP contribution >= 0.6 is 0 Å². The van der Waals surface area contributed by atoms with Crippen LogP contribution in [0.3, 0.4) is 0 Å². The zero-order chi connectivity index (χ0) is 19.6. The van der Waals surface area contributed by atoms with Gasteiger partial charge in [0.1, 0.15) is 5.75 Å². The number of carboxylic acid groups (broad SMARTS) is 1. The minimum atomic E-state index is -0.732. The number of aliphatic carboxylic acids is 1. The van der Waals surface area contributed by atoms with Crippen molar-refractivity contribution in [2.75, 3.05) is 13.7 Å². The molecule has 0 aliphatic rings. The van der Waals surface area contributed by atoms with Crippen molar-refractivity contribution in [2.45, 2.75) is 51.4 Å². The van der Waals surface area contributed by atoms with Crippen molar-refractivity contribution in [1.29, 1.82) is 0 Å². The average molecular weight is 371 g/mol. The number of unbranched alkanes of at least 4 members (excludes halogenated alkanes) is 4. The first-order valence-electron chi connectivity index (χ1n) is 9.58. The molecule has 0 radical (unpaired) electrons. The molecular formula is C22H29NO4. The number of methoxy groups -OCH3 is 1. The largest absolute Gasteiger partial charge is 0.497 e. The number of nitrogens with one attached hydrogen (secondary N) is 1. The summed E-state index contributed by atoms with van der Waals surface area (Å²) in [7, 11) is 1.65. The predicted molar refractivity (Wildman–Crippen MR) is 107 cm³/mol. The van der Waals surface area contributed by atoms with Crippen LogP contribution in [0.4, 0.5) is 0 Å². The van der Waals surface area contributed by atoms with E-state index in [9.17, 15) is 9.59 Å². The molecule has 5 heteroatoms. The summed E-state index contributed by atoms with van der Waals surface area (Å²) >= 11 is 0. The Morgan fingerprint density at radius 3 is 2.41 bits per heavy atom. The van der Waals surface area contributed by atoms with Gasteiger partial charge in [-0.15, -0.1) is 0 Å². The Labute approximate surface area is 160 Å². The summed E-state index contributed by atoms with van der Waals surface area (Å²) in [5, 5.41) is 13.8. The van der Waals surface area contributed by atoms with E-state index in [1.54, 1.807) is 7.11 Å². The van der Waals surface area contributed by atoms with E-state index >= 15 is 0 Å². The normalized spacial score (nSPS) is 11.9. The Bertz CT molecular complexity index is 772. The quantitative estimate of drug-likeness (QED) is 0.571. The van der Waals surface area contributed by atoms with Gasteiger partial charge in [0.05, 0.1) is 13.0 Å². The van der Waals surface area contributed by atoms with E-state index in [4.69, 9.17) is 9.84 Å². The second-order valence-electron chi connectivity index (χ2n) is 6.90. The molecule has 5 nitrogen and oxygen atoms in total. The fourth-order valence-electron chi connectivity index (χ4n) is 3.09. The van der Waals surface area contributed by atoms with Gasteiger partial charge in [0.15, 0.2) is 0 Å². The molecule has 0 spiro atoms. The van der Waals surface area contributed by atoms with Gasteiger partial charge in [-0.3, -0.25) is 9.59 Å². The number of hydrogen-bond acceptors (Lipinski definition) is 3. The fourth-order valence-corrected chi connectivity index (χ4v) is 3.09. The Morgan fingerprint density at radius 1 is 1.00 bits per heavy atom. The summed E-state index contributed by atoms with van der Waals surface area (Å²) in [6, 6.07) is 12.0. The second kappa shape index (κ2) is 10.6. The molecule has 0 saturated heterocycles. The fraction of sp³-hybridized carbons (Fsp3) is 0.455. The summed E-state index contributed by atoms with van der Waals surface area (Å²) in [6.45, 7) is 2.58. The number of amides is 1. The molecule has 2 N–H and O–H groups in total. The molecule has 0 saturated carbocycles. The summed E-state index contributed by atoms with van der Waals surface area (Å²) in [5.74, 6) is -0.0751. The lowest BCUT2D eigenvalue weighted by atomic mass is 9.97. The van der Waals surface area contributed by atoms with Crippen LogP contribution in [-0.4, -0.2) is 30.6 Å². The van der Waals surface area contributed by atoms with Crippen molar-refractivity contribution in [1.82, 2.24) is 5.32 Å². The molecule has 2 aromatic rings. The number of carbonyl (C=O) groups excluding carboxylic acids is 1. The SMILES string of the molecule is COc1ccc2cc(C(C)C(=O)NCCCCCCCC(=O)O)ccc2c1. The molecule has 0 bridgehead atoms. The molecular weight excluding hydrogens is 342 g/mol. The number of ether oxygens (including phenoxy) is 1. The molecule has 1 amide bonds. The van der Waals surface area contributed by atoms with Gasteiger partial charge < -0.3 is 15.2 Å². The monoisotopic (exact) mass is 371 g/mol. The Hall–Kier alpha value is -2.56. The Morgan fingerprint density at radius 2 is 1.67 bits per heavy atom. The highest BCUT2D eigenvalue weighted by Crippen LogP contribution is 2.25. The van der Waals surface area contributed by atoms with Crippen molar-refractivity contribution < 1.29 is 19.4 Å². The second-order valence-corrected chi connectivity index (χ2v) is 6.90. The summed E-state index contributed by atoms with van der Waals surface area (Å²) in [6.07, 6.45) is 4.83. The third-order valence-electron chi connectivity index (χ3n) is 4.83. The highest BCUT2D eigenvalue weighted by atomic mass is 16.5. The van der Waals surface area contributed by atoms with Gasteiger partial charge in [0, 0.05) is 13.0 Å². The van der Waals surface area contributed by atoms with Crippen LogP contribution in [0.15, 0.2) is 36.4 Å². The molecule has 0 aliphatic heterocycles. The average Bonchev–Trinajstić information content (AvgIpc) is 2.68. The maximum Gasteiger partial charge on any atom is 0.303 e. The molecule has 0 aromatic heterocycles. The third-order valence-corrected chi connectivity index (χ3v) is 4.83. The number of rotatable bonds is 11. The van der Waals surface area contributed by atoms with Gasteiger partial charge in [-0.05, 0) is 48.2 Å². The predicted octanol–water partition coefficient (Wildman–Crippen LogP) is 4.49. The summed E-state index contributed by atoms with van der Waals surface area (Å²) in [4.78, 5) is 22.8. The van der Waals surface area contributed by atoms with Crippen LogP contribution in [0.5, 0.6) is 5.75 Å². The van der Waals surface area contributed by atoms with Gasteiger partial charge in [0.2, 0.25) is 5.91 Å². The van der Waals surface area contributed by atoms with Gasteiger partial charge >= 0.3 is 5.97 Å². The maximum absolute atomic E-state index is 12.4. The third kappa shape index (κ3) is 6.59. The van der Waals surface area contributed by atoms with Crippen LogP contribution in [-0.2, 0) is 9.59 Å². The molecule has 1 atom stereocenters. The van der Waals surface area contributed by atoms with Crippen molar-refractivity contribution >= 4 is 22.6 Å². The maximum atomic E-state index is 12.4. The van der Waals surface area contributed by atoms with Gasteiger partial charge in [-0.1, -0.05) is 43.5 Å². The van der Waals surface area contributed by atoms with E-state index in [0.29, 0.717) is 6.54 Å². The number of carbonyl (C=O) groups is 2. The number of benzene rings is 2. The van der Waals surface area contributed by atoms with E-state index in [1.165, 1.54) is 0 Å². The van der Waals surface area contributed by atoms with Crippen molar-refractivity contribution in [3.63, 3.8) is 0 Å². The lowest BCUT2D eigenvalue weighted by molar-refractivity contribution is -0.137. The van der Waals surface area contributed by atoms with Crippen LogP contribution < -0.4 is 10.1 Å². The van der Waals surface area contributed by atoms with Crippen molar-refractivity contribution in [2.24, 2.45) is 0 Å². The van der Waals surface area contributed by atoms with Gasteiger partial charge in [0.25, 0.3) is 0 Å². The lowest BCUT2D eigenvalue weighted by Gasteiger charge is -2.14. The van der Waals surface area contributed by atoms with Crippen molar-refractivity contribution in [3.8, 4) is 5.75 Å². The smallest absolute Gasteiger partial charge is 0.303 e. The van der Waals surface area contributed by atoms with E-state index < -0.39 is 5.97 Å². The number of carboxylic acids is 1. The minimum Gasteiger partial charge on any atom is -0.497 e. The molecule has 2 aromatic carbocycles. The van der Waals surface area contributed by atoms with Crippen LogP contribution in [0.2, 0.25) is 0 Å². The van der Waals surface area contributed by atoms with E-state index in [1.807, 2.05) is 37.3 Å². The lowest BCUT2D eigenvalue weighted by Crippen LogP contribution is -2.28. The van der Waals surface area contributed by atoms with Crippen molar-refractivity contribution in [3.05, 3.63) is 42.0 Å². The highest BCUT2D eigenvalue weighted by molar-refractivity contribution is 5.88. The number of fused-ring (bicyclic) bond motifs is 1. The Balaban J connectivity index is 1.76. The first-order chi connectivity index (χ1) is 13.0. The summed E-state index contributed by atoms with van der Waals surface area (Å²) in [5.41, 5.74) is 0.999. The van der Waals surface area contributed by atoms with E-state index in [0.717, 1.165) is 54.2 Å². The zero-order valence-electron chi connectivity index (χ0n) is 16.2. The van der Waals surface area contributed by atoms with Gasteiger partial charge in [-0.2, -0.15) is 0 Å². The Kier molecular flexibility index (Phi) is 8.11. The first-order valence-corrected chi connectivity index (χ1v) is 9.58. The molecule has 0 heterocycles. The zero-order valence-corrected chi connectivity index (χ0v) is 16.2. The van der Waals surface area contributed by atoms with Crippen LogP contribution in [0.1, 0.15) is 56.9 Å². The highest BCUT2D eigenvalue weighted by Gasteiger charge is 2.15. The number of hydrogen-bond donors (Lipinski definition) is 2. The molecule has 0 aliphatic carbocycles. The van der Waals surface area contributed by atoms with E-state index in [2.05, 4.69) is 11.4 Å². The summed E-state index contributed by atoms with van der Waals surface area (Å²) < 4.78 is 5.24. The molecule has 27 heavy (non-hydrogen) atoms. The standard InChI is InChI=1S/C22H29NO4/c1-16(22(26)23-13-7-5-3-4-6-8-21(24)25)17-9-10-19-15-20(27-2)12-11-18(19)14-17/h9-12,14-16H,3-8,13H2,1-2H3,(H,23,26)(H,24,25). The van der Waals surface area contributed by atoms with E-state index in [-0.39, 0.29) is 18.2 Å². The molecule has 1 unspecified atom stereocenters. The molecule has 0 fully saturated rings. The topological polar surface area (TPSA) is 75.6 Å². The molecule has 2 rings (SSSR count). The first kappa shape index (κ1) is 20.7. The van der Waals surface area contributed by atoms with Crippen LogP contribution in [0.25, 0.3) is 10.8 Å². The minimum absolute atomic E-state index is 0.0359. The van der Waals surface area contributed by atoms with Crippen LogP contribution in [0, 0.1) is 0 Å².